The van der Waals surface area contributed by atoms with E-state index in [9.17, 15) is 45.3 Å². The SMILES string of the molecule is CCCCCCCCCCCCCCCCCC(=O)OC(COC(=O)CCC)COC1OC(COC2OC(CO)C(O)C(O)C2O)C(O)C(O)C1O. The predicted molar refractivity (Wildman–Crippen MR) is 188 cm³/mol. The summed E-state index contributed by atoms with van der Waals surface area (Å²) in [6, 6.07) is 0. The molecule has 0 spiro atoms. The highest BCUT2D eigenvalue weighted by molar-refractivity contribution is 5.70. The summed E-state index contributed by atoms with van der Waals surface area (Å²) in [4.78, 5) is 24.7. The van der Waals surface area contributed by atoms with Crippen molar-refractivity contribution in [1.82, 2.24) is 0 Å². The monoisotopic (exact) mass is 752 g/mol. The molecule has 2 fully saturated rings. The molecule has 52 heavy (non-hydrogen) atoms. The fraction of sp³-hybridized carbons (Fsp3) is 0.946. The number of esters is 2. The molecular weight excluding hydrogens is 684 g/mol. The quantitative estimate of drug-likeness (QED) is 0.0449. The van der Waals surface area contributed by atoms with Gasteiger partial charge >= 0.3 is 11.9 Å². The van der Waals surface area contributed by atoms with E-state index in [0.717, 1.165) is 19.3 Å². The molecule has 0 amide bonds. The molecule has 2 aliphatic heterocycles. The second kappa shape index (κ2) is 27.1. The maximum absolute atomic E-state index is 12.7. The third-order valence-electron chi connectivity index (χ3n) is 9.56. The average Bonchev–Trinajstić information content (AvgIpc) is 3.13. The first-order valence-electron chi connectivity index (χ1n) is 19.6. The predicted octanol–water partition coefficient (Wildman–Crippen LogP) is 2.14. The van der Waals surface area contributed by atoms with E-state index in [1.165, 1.54) is 70.6 Å². The summed E-state index contributed by atoms with van der Waals surface area (Å²) in [5.74, 6) is -0.981. The van der Waals surface area contributed by atoms with Crippen LogP contribution in [0.15, 0.2) is 0 Å². The zero-order chi connectivity index (χ0) is 38.3. The zero-order valence-corrected chi connectivity index (χ0v) is 31.3. The molecule has 15 nitrogen and oxygen atoms in total. The van der Waals surface area contributed by atoms with Gasteiger partial charge in [0.2, 0.25) is 0 Å². The van der Waals surface area contributed by atoms with Crippen molar-refractivity contribution in [2.24, 2.45) is 0 Å². The first-order valence-corrected chi connectivity index (χ1v) is 19.6. The summed E-state index contributed by atoms with van der Waals surface area (Å²) in [7, 11) is 0. The first kappa shape index (κ1) is 46.7. The van der Waals surface area contributed by atoms with Crippen molar-refractivity contribution in [1.29, 1.82) is 0 Å². The Morgan fingerprint density at radius 2 is 1.02 bits per heavy atom. The van der Waals surface area contributed by atoms with Gasteiger partial charge in [0, 0.05) is 12.8 Å². The molecule has 0 radical (unpaired) electrons. The lowest BCUT2D eigenvalue weighted by molar-refractivity contribution is -0.332. The van der Waals surface area contributed by atoms with Gasteiger partial charge in [-0.05, 0) is 12.8 Å². The van der Waals surface area contributed by atoms with E-state index in [0.29, 0.717) is 12.8 Å². The number of carbonyl (C=O) groups excluding carboxylic acids is 2. The topological polar surface area (TPSA) is 231 Å². The summed E-state index contributed by atoms with van der Waals surface area (Å²) >= 11 is 0. The van der Waals surface area contributed by atoms with Crippen LogP contribution < -0.4 is 0 Å². The van der Waals surface area contributed by atoms with Crippen molar-refractivity contribution < 1.29 is 73.8 Å². The molecule has 0 aromatic carbocycles. The molecule has 2 rings (SSSR count). The van der Waals surface area contributed by atoms with Crippen LogP contribution in [0.5, 0.6) is 0 Å². The minimum absolute atomic E-state index is 0.169. The highest BCUT2D eigenvalue weighted by Gasteiger charge is 2.47. The molecule has 2 aliphatic rings. The molecule has 15 heteroatoms. The Labute approximate surface area is 308 Å². The summed E-state index contributed by atoms with van der Waals surface area (Å²) in [6.45, 7) is 2.17. The Morgan fingerprint density at radius 3 is 1.54 bits per heavy atom. The number of aliphatic hydroxyl groups excluding tert-OH is 7. The van der Waals surface area contributed by atoms with Gasteiger partial charge in [-0.15, -0.1) is 0 Å². The smallest absolute Gasteiger partial charge is 0.306 e. The minimum atomic E-state index is -1.75. The van der Waals surface area contributed by atoms with E-state index in [4.69, 9.17) is 28.4 Å². The summed E-state index contributed by atoms with van der Waals surface area (Å²) < 4.78 is 32.8. The number of ether oxygens (including phenoxy) is 6. The van der Waals surface area contributed by atoms with Gasteiger partial charge in [-0.2, -0.15) is 0 Å². The summed E-state index contributed by atoms with van der Waals surface area (Å²) in [5, 5.41) is 71.1. The molecule has 0 saturated carbocycles. The van der Waals surface area contributed by atoms with E-state index < -0.39 is 92.7 Å². The van der Waals surface area contributed by atoms with Crippen LogP contribution in [-0.2, 0) is 38.0 Å². The third-order valence-corrected chi connectivity index (χ3v) is 9.56. The Morgan fingerprint density at radius 1 is 0.538 bits per heavy atom. The van der Waals surface area contributed by atoms with Crippen molar-refractivity contribution in [3.05, 3.63) is 0 Å². The fourth-order valence-electron chi connectivity index (χ4n) is 6.25. The normalized spacial score (nSPS) is 29.9. The molecule has 0 bridgehead atoms. The van der Waals surface area contributed by atoms with Crippen molar-refractivity contribution >= 4 is 11.9 Å². The Bertz CT molecular complexity index is 939. The highest BCUT2D eigenvalue weighted by Crippen LogP contribution is 2.26. The van der Waals surface area contributed by atoms with Crippen LogP contribution in [0.3, 0.4) is 0 Å². The fourth-order valence-corrected chi connectivity index (χ4v) is 6.25. The van der Waals surface area contributed by atoms with Crippen LogP contribution in [0.4, 0.5) is 0 Å². The second-order valence-corrected chi connectivity index (χ2v) is 14.1. The average molecular weight is 753 g/mol. The van der Waals surface area contributed by atoms with Crippen LogP contribution in [0.2, 0.25) is 0 Å². The maximum Gasteiger partial charge on any atom is 0.306 e. The van der Waals surface area contributed by atoms with Crippen LogP contribution >= 0.6 is 0 Å². The molecule has 11 unspecified atom stereocenters. The Hall–Kier alpha value is -1.50. The van der Waals surface area contributed by atoms with Gasteiger partial charge in [-0.3, -0.25) is 9.59 Å². The summed E-state index contributed by atoms with van der Waals surface area (Å²) in [5.41, 5.74) is 0. The van der Waals surface area contributed by atoms with Gasteiger partial charge in [0.1, 0.15) is 55.4 Å². The van der Waals surface area contributed by atoms with Gasteiger partial charge in [0.15, 0.2) is 18.7 Å². The molecule has 2 saturated heterocycles. The second-order valence-electron chi connectivity index (χ2n) is 14.1. The zero-order valence-electron chi connectivity index (χ0n) is 31.3. The molecule has 2 heterocycles. The molecule has 7 N–H and O–H groups in total. The van der Waals surface area contributed by atoms with Gasteiger partial charge in [0.25, 0.3) is 0 Å². The van der Waals surface area contributed by atoms with E-state index in [1.807, 2.05) is 6.92 Å². The number of carbonyl (C=O) groups is 2. The Balaban J connectivity index is 1.77. The summed E-state index contributed by atoms with van der Waals surface area (Å²) in [6.07, 6.45) is 2.10. The highest BCUT2D eigenvalue weighted by atomic mass is 16.7. The van der Waals surface area contributed by atoms with Crippen LogP contribution in [0.25, 0.3) is 0 Å². The molecule has 0 aliphatic carbocycles. The molecule has 0 aromatic heterocycles. The number of hydrogen-bond donors (Lipinski definition) is 7. The first-order chi connectivity index (χ1) is 25.0. The van der Waals surface area contributed by atoms with E-state index in [2.05, 4.69) is 6.92 Å². The van der Waals surface area contributed by atoms with Crippen molar-refractivity contribution in [2.75, 3.05) is 26.4 Å². The number of unbranched alkanes of at least 4 members (excludes halogenated alkanes) is 14. The minimum Gasteiger partial charge on any atom is -0.462 e. The van der Waals surface area contributed by atoms with Gasteiger partial charge in [-0.25, -0.2) is 0 Å². The Kier molecular flexibility index (Phi) is 24.3. The van der Waals surface area contributed by atoms with Crippen LogP contribution in [0, 0.1) is 0 Å². The third kappa shape index (κ3) is 17.3. The maximum atomic E-state index is 12.7. The molecule has 0 aromatic rings. The van der Waals surface area contributed by atoms with E-state index in [1.54, 1.807) is 0 Å². The lowest BCUT2D eigenvalue weighted by Gasteiger charge is -2.42. The number of rotatable bonds is 28. The number of aliphatic hydroxyl groups is 7. The molecule has 11 atom stereocenters. The van der Waals surface area contributed by atoms with Crippen LogP contribution in [0.1, 0.15) is 129 Å². The van der Waals surface area contributed by atoms with Gasteiger partial charge in [-0.1, -0.05) is 104 Å². The standard InChI is InChI=1S/C37H68O15/c1-3-5-6-7-8-9-10-11-12-13-14-15-16-17-18-20-29(40)50-25(22-47-28(39)19-4-2)23-48-36-35(46)33(44)31(42)27(52-36)24-49-37-34(45)32(43)30(41)26(21-38)51-37/h25-27,30-38,41-46H,3-24H2,1-2H3. The van der Waals surface area contributed by atoms with Gasteiger partial charge < -0.3 is 64.2 Å². The van der Waals surface area contributed by atoms with E-state index >= 15 is 0 Å². The van der Waals surface area contributed by atoms with E-state index in [-0.39, 0.29) is 26.1 Å². The lowest BCUT2D eigenvalue weighted by atomic mass is 9.98. The lowest BCUT2D eigenvalue weighted by Crippen LogP contribution is -2.61. The molecular formula is C37H68O15. The van der Waals surface area contributed by atoms with Gasteiger partial charge in [0.05, 0.1) is 19.8 Å². The van der Waals surface area contributed by atoms with Crippen LogP contribution in [-0.4, -0.2) is 142 Å². The largest absolute Gasteiger partial charge is 0.462 e. The molecule has 306 valence electrons. The van der Waals surface area contributed by atoms with Crippen molar-refractivity contribution in [3.63, 3.8) is 0 Å². The van der Waals surface area contributed by atoms with Crippen molar-refractivity contribution in [3.8, 4) is 0 Å². The number of hydrogen-bond acceptors (Lipinski definition) is 15. The van der Waals surface area contributed by atoms with Crippen molar-refractivity contribution in [2.45, 2.75) is 197 Å².